The number of nitrogens with zero attached hydrogens (tertiary/aromatic N) is 3. The second-order valence-electron chi connectivity index (χ2n) is 9.16. The van der Waals surface area contributed by atoms with Crippen LogP contribution in [0.25, 0.3) is 11.0 Å². The number of carbonyl (C=O) groups is 1. The van der Waals surface area contributed by atoms with Gasteiger partial charge in [-0.15, -0.1) is 0 Å². The number of aromatic nitrogens is 2. The highest BCUT2D eigenvalue weighted by Gasteiger charge is 2.54. The van der Waals surface area contributed by atoms with E-state index >= 15 is 0 Å². The topological polar surface area (TPSA) is 93.6 Å². The number of aliphatic imine (C=N–C) groups is 1. The third-order valence-electron chi connectivity index (χ3n) is 6.77. The predicted octanol–water partition coefficient (Wildman–Crippen LogP) is 2.64. The molecule has 4 aliphatic rings. The van der Waals surface area contributed by atoms with Gasteiger partial charge in [0.25, 0.3) is 5.91 Å². The molecule has 0 spiro atoms. The fourth-order valence-corrected chi connectivity index (χ4v) is 5.95. The molecular formula is C21H27N5O2. The van der Waals surface area contributed by atoms with Gasteiger partial charge in [-0.2, -0.15) is 4.99 Å². The normalized spacial score (nSPS) is 33.7. The summed E-state index contributed by atoms with van der Waals surface area (Å²) in [5, 5.41) is 15.5. The average Bonchev–Trinajstić information content (AvgIpc) is 3.10. The van der Waals surface area contributed by atoms with Crippen LogP contribution in [-0.4, -0.2) is 58.0 Å². The van der Waals surface area contributed by atoms with E-state index in [-0.39, 0.29) is 11.9 Å². The van der Waals surface area contributed by atoms with Crippen LogP contribution in [0.15, 0.2) is 23.5 Å². The number of aromatic amines is 1. The molecule has 0 radical (unpaired) electrons. The number of hydrogen-bond donors (Lipinski definition) is 3. The molecule has 2 aromatic heterocycles. The van der Waals surface area contributed by atoms with Gasteiger partial charge in [0.2, 0.25) is 0 Å². The van der Waals surface area contributed by atoms with Gasteiger partial charge in [-0.3, -0.25) is 4.79 Å². The van der Waals surface area contributed by atoms with Gasteiger partial charge in [0.15, 0.2) is 0 Å². The number of carbonyl (C=O) groups excluding carboxylic acids is 1. The molecule has 4 fully saturated rings. The Morgan fingerprint density at radius 2 is 2.11 bits per heavy atom. The van der Waals surface area contributed by atoms with Crippen molar-refractivity contribution in [3.8, 4) is 0 Å². The minimum atomic E-state index is -0.467. The SMILES string of the molecule is CN(C)/C=N/C(=O)c1cnc2[nH]ccc2c1N[C@H]1[C@@H]2CC3C[C@H]1C[C@@](O)(C3)C2. The summed E-state index contributed by atoms with van der Waals surface area (Å²) in [6.45, 7) is 0. The van der Waals surface area contributed by atoms with Crippen molar-refractivity contribution in [2.45, 2.75) is 43.7 Å². The van der Waals surface area contributed by atoms with E-state index in [1.54, 1.807) is 11.1 Å². The van der Waals surface area contributed by atoms with Crippen LogP contribution in [-0.2, 0) is 0 Å². The number of pyridine rings is 1. The molecule has 6 rings (SSSR count). The van der Waals surface area contributed by atoms with E-state index in [2.05, 4.69) is 20.3 Å². The van der Waals surface area contributed by atoms with E-state index < -0.39 is 5.60 Å². The average molecular weight is 381 g/mol. The minimum Gasteiger partial charge on any atom is -0.390 e. The molecule has 0 aliphatic heterocycles. The first-order chi connectivity index (χ1) is 13.4. The van der Waals surface area contributed by atoms with E-state index in [1.165, 1.54) is 19.2 Å². The Morgan fingerprint density at radius 3 is 2.79 bits per heavy atom. The van der Waals surface area contributed by atoms with E-state index in [0.717, 1.165) is 36.0 Å². The molecule has 4 aliphatic carbocycles. The highest BCUT2D eigenvalue weighted by Crippen LogP contribution is 2.56. The second-order valence-corrected chi connectivity index (χ2v) is 9.16. The summed E-state index contributed by atoms with van der Waals surface area (Å²) in [6, 6.07) is 2.24. The lowest BCUT2D eigenvalue weighted by Crippen LogP contribution is -2.59. The fourth-order valence-electron chi connectivity index (χ4n) is 5.95. The number of fused-ring (bicyclic) bond motifs is 1. The van der Waals surface area contributed by atoms with Gasteiger partial charge in [0.1, 0.15) is 5.65 Å². The Hall–Kier alpha value is -2.41. The van der Waals surface area contributed by atoms with Crippen molar-refractivity contribution in [1.82, 2.24) is 14.9 Å². The quantitative estimate of drug-likeness (QED) is 0.559. The first-order valence-corrected chi connectivity index (χ1v) is 10.1. The zero-order valence-corrected chi connectivity index (χ0v) is 16.4. The van der Waals surface area contributed by atoms with Crippen LogP contribution in [0.3, 0.4) is 0 Å². The largest absolute Gasteiger partial charge is 0.390 e. The van der Waals surface area contributed by atoms with Crippen LogP contribution in [0.1, 0.15) is 42.5 Å². The lowest BCUT2D eigenvalue weighted by molar-refractivity contribution is -0.129. The number of rotatable bonds is 4. The van der Waals surface area contributed by atoms with Gasteiger partial charge in [-0.1, -0.05) is 0 Å². The van der Waals surface area contributed by atoms with Crippen LogP contribution < -0.4 is 5.32 Å². The predicted molar refractivity (Wildman–Crippen MR) is 109 cm³/mol. The van der Waals surface area contributed by atoms with E-state index in [0.29, 0.717) is 23.3 Å². The molecule has 0 saturated heterocycles. The molecule has 7 nitrogen and oxygen atoms in total. The maximum atomic E-state index is 12.8. The maximum absolute atomic E-state index is 12.8. The Balaban J connectivity index is 1.51. The van der Waals surface area contributed by atoms with Gasteiger partial charge < -0.3 is 20.3 Å². The maximum Gasteiger partial charge on any atom is 0.282 e. The number of aliphatic hydroxyl groups is 1. The second kappa shape index (κ2) is 6.30. The standard InChI is InChI=1S/C21H27N5O2/c1-26(2)11-24-20(27)16-10-23-19-15(3-4-22-19)18(16)25-17-13-5-12-6-14(17)9-21(28,7-12)8-13/h3-4,10-14,17,28H,5-9H2,1-2H3,(H2,22,23,25)/b24-11+/t12?,13-,14+,17+,21-. The number of amides is 1. The molecule has 1 unspecified atom stereocenters. The summed E-state index contributed by atoms with van der Waals surface area (Å²) in [5.74, 6) is 1.25. The van der Waals surface area contributed by atoms with Crippen LogP contribution in [0.2, 0.25) is 0 Å². The van der Waals surface area contributed by atoms with Crippen molar-refractivity contribution >= 4 is 29.0 Å². The Morgan fingerprint density at radius 1 is 1.36 bits per heavy atom. The zero-order chi connectivity index (χ0) is 19.5. The Kier molecular flexibility index (Phi) is 3.98. The molecule has 148 valence electrons. The molecule has 4 bridgehead atoms. The number of nitrogens with one attached hydrogen (secondary N) is 2. The van der Waals surface area contributed by atoms with Crippen LogP contribution >= 0.6 is 0 Å². The van der Waals surface area contributed by atoms with Crippen molar-refractivity contribution in [2.75, 3.05) is 19.4 Å². The molecule has 1 amide bonds. The molecule has 2 aromatic rings. The van der Waals surface area contributed by atoms with Crippen molar-refractivity contribution < 1.29 is 9.90 Å². The number of anilines is 1. The first-order valence-electron chi connectivity index (χ1n) is 10.1. The van der Waals surface area contributed by atoms with Gasteiger partial charge in [0, 0.05) is 37.9 Å². The molecule has 3 N–H and O–H groups in total. The van der Waals surface area contributed by atoms with Crippen LogP contribution in [0.5, 0.6) is 0 Å². The Bertz CT molecular complexity index is 933. The smallest absolute Gasteiger partial charge is 0.282 e. The monoisotopic (exact) mass is 381 g/mol. The molecule has 5 atom stereocenters. The van der Waals surface area contributed by atoms with Gasteiger partial charge in [0.05, 0.1) is 23.2 Å². The summed E-state index contributed by atoms with van der Waals surface area (Å²) in [4.78, 5) is 26.1. The molecule has 2 heterocycles. The minimum absolute atomic E-state index is 0.279. The lowest BCUT2D eigenvalue weighted by atomic mass is 9.52. The Labute approximate surface area is 164 Å². The van der Waals surface area contributed by atoms with Crippen LogP contribution in [0, 0.1) is 17.8 Å². The third-order valence-corrected chi connectivity index (χ3v) is 6.77. The molecule has 4 saturated carbocycles. The highest BCUT2D eigenvalue weighted by molar-refractivity contribution is 6.08. The van der Waals surface area contributed by atoms with Gasteiger partial charge in [-0.05, 0) is 55.9 Å². The van der Waals surface area contributed by atoms with Crippen LogP contribution in [0.4, 0.5) is 5.69 Å². The summed E-state index contributed by atoms with van der Waals surface area (Å²) >= 11 is 0. The fraction of sp³-hybridized carbons (Fsp3) is 0.571. The molecular weight excluding hydrogens is 354 g/mol. The summed E-state index contributed by atoms with van der Waals surface area (Å²) in [5.41, 5.74) is 1.61. The van der Waals surface area contributed by atoms with E-state index in [9.17, 15) is 9.90 Å². The van der Waals surface area contributed by atoms with Crippen molar-refractivity contribution in [3.63, 3.8) is 0 Å². The molecule has 7 heteroatoms. The van der Waals surface area contributed by atoms with Crippen molar-refractivity contribution in [3.05, 3.63) is 24.0 Å². The first kappa shape index (κ1) is 17.7. The van der Waals surface area contributed by atoms with Gasteiger partial charge >= 0.3 is 0 Å². The van der Waals surface area contributed by atoms with Crippen molar-refractivity contribution in [1.29, 1.82) is 0 Å². The highest BCUT2D eigenvalue weighted by atomic mass is 16.3. The van der Waals surface area contributed by atoms with Gasteiger partial charge in [-0.25, -0.2) is 4.98 Å². The number of hydrogen-bond acceptors (Lipinski definition) is 4. The number of H-pyrrole nitrogens is 1. The molecule has 0 aromatic carbocycles. The molecule has 28 heavy (non-hydrogen) atoms. The van der Waals surface area contributed by atoms with E-state index in [1.807, 2.05) is 26.4 Å². The van der Waals surface area contributed by atoms with Crippen molar-refractivity contribution in [2.24, 2.45) is 22.7 Å². The summed E-state index contributed by atoms with van der Waals surface area (Å²) in [6.07, 6.45) is 10.0. The zero-order valence-electron chi connectivity index (χ0n) is 16.4. The lowest BCUT2D eigenvalue weighted by Gasteiger charge is -2.58. The third kappa shape index (κ3) is 2.89. The van der Waals surface area contributed by atoms with E-state index in [4.69, 9.17) is 0 Å². The summed E-state index contributed by atoms with van der Waals surface area (Å²) in [7, 11) is 3.67. The summed E-state index contributed by atoms with van der Waals surface area (Å²) < 4.78 is 0.